The molecule has 3 aromatic carbocycles. The summed E-state index contributed by atoms with van der Waals surface area (Å²) in [6.07, 6.45) is 1.89. The SMILES string of the molecule is CCOCCOc1ccc(NC(=O)CNc2ccccc2OCCCc2ccccc2)cc1. The van der Waals surface area contributed by atoms with Crippen LogP contribution in [0.1, 0.15) is 18.9 Å². The third-order valence-corrected chi connectivity index (χ3v) is 4.88. The number of benzene rings is 3. The van der Waals surface area contributed by atoms with Gasteiger partial charge < -0.3 is 24.8 Å². The first-order valence-corrected chi connectivity index (χ1v) is 11.3. The van der Waals surface area contributed by atoms with Crippen molar-refractivity contribution < 1.29 is 19.0 Å². The minimum Gasteiger partial charge on any atom is -0.491 e. The second-order valence-corrected chi connectivity index (χ2v) is 7.41. The number of ether oxygens (including phenoxy) is 3. The Morgan fingerprint density at radius 2 is 1.58 bits per heavy atom. The Morgan fingerprint density at radius 3 is 2.36 bits per heavy atom. The van der Waals surface area contributed by atoms with E-state index in [1.54, 1.807) is 0 Å². The van der Waals surface area contributed by atoms with Gasteiger partial charge in [-0.25, -0.2) is 0 Å². The molecule has 0 atom stereocenters. The van der Waals surface area contributed by atoms with Crippen LogP contribution in [0.3, 0.4) is 0 Å². The number of hydrogen-bond donors (Lipinski definition) is 2. The van der Waals surface area contributed by atoms with E-state index in [9.17, 15) is 4.79 Å². The van der Waals surface area contributed by atoms with Crippen molar-refractivity contribution in [3.8, 4) is 11.5 Å². The molecular formula is C27H32N2O4. The molecular weight excluding hydrogens is 416 g/mol. The second kappa shape index (κ2) is 13.8. The highest BCUT2D eigenvalue weighted by atomic mass is 16.5. The Bertz CT molecular complexity index is 961. The molecule has 174 valence electrons. The van der Waals surface area contributed by atoms with Crippen molar-refractivity contribution in [2.75, 3.05) is 43.6 Å². The zero-order valence-electron chi connectivity index (χ0n) is 19.1. The van der Waals surface area contributed by atoms with Gasteiger partial charge in [0.2, 0.25) is 5.91 Å². The van der Waals surface area contributed by atoms with Crippen LogP contribution < -0.4 is 20.1 Å². The van der Waals surface area contributed by atoms with Crippen LogP contribution in [-0.2, 0) is 16.0 Å². The van der Waals surface area contributed by atoms with E-state index in [1.165, 1.54) is 5.56 Å². The van der Waals surface area contributed by atoms with Gasteiger partial charge in [-0.15, -0.1) is 0 Å². The van der Waals surface area contributed by atoms with E-state index in [1.807, 2.05) is 73.7 Å². The number of carbonyl (C=O) groups is 1. The molecule has 33 heavy (non-hydrogen) atoms. The Kier molecular flexibility index (Phi) is 10.1. The van der Waals surface area contributed by atoms with E-state index in [4.69, 9.17) is 14.2 Å². The molecule has 0 heterocycles. The highest BCUT2D eigenvalue weighted by molar-refractivity contribution is 5.94. The zero-order valence-corrected chi connectivity index (χ0v) is 19.1. The number of anilines is 2. The third-order valence-electron chi connectivity index (χ3n) is 4.88. The van der Waals surface area contributed by atoms with Gasteiger partial charge >= 0.3 is 0 Å². The largest absolute Gasteiger partial charge is 0.491 e. The van der Waals surface area contributed by atoms with Gasteiger partial charge in [-0.1, -0.05) is 42.5 Å². The van der Waals surface area contributed by atoms with Gasteiger partial charge in [0, 0.05) is 12.3 Å². The summed E-state index contributed by atoms with van der Waals surface area (Å²) in [5, 5.41) is 6.05. The summed E-state index contributed by atoms with van der Waals surface area (Å²) < 4.78 is 16.8. The molecule has 0 aromatic heterocycles. The highest BCUT2D eigenvalue weighted by Gasteiger charge is 2.07. The lowest BCUT2D eigenvalue weighted by molar-refractivity contribution is -0.114. The monoisotopic (exact) mass is 448 g/mol. The average Bonchev–Trinajstić information content (AvgIpc) is 2.85. The van der Waals surface area contributed by atoms with Crippen molar-refractivity contribution in [2.45, 2.75) is 19.8 Å². The maximum Gasteiger partial charge on any atom is 0.243 e. The molecule has 0 spiro atoms. The molecule has 0 aliphatic heterocycles. The second-order valence-electron chi connectivity index (χ2n) is 7.41. The number of hydrogen-bond acceptors (Lipinski definition) is 5. The van der Waals surface area contributed by atoms with E-state index in [2.05, 4.69) is 22.8 Å². The topological polar surface area (TPSA) is 68.8 Å². The highest BCUT2D eigenvalue weighted by Crippen LogP contribution is 2.24. The number of aryl methyl sites for hydroxylation is 1. The van der Waals surface area contributed by atoms with Crippen LogP contribution in [0.25, 0.3) is 0 Å². The van der Waals surface area contributed by atoms with Gasteiger partial charge in [-0.2, -0.15) is 0 Å². The molecule has 0 aliphatic carbocycles. The van der Waals surface area contributed by atoms with Gasteiger partial charge in [0.1, 0.15) is 18.1 Å². The van der Waals surface area contributed by atoms with Crippen LogP contribution in [0.4, 0.5) is 11.4 Å². The van der Waals surface area contributed by atoms with Crippen LogP contribution >= 0.6 is 0 Å². The molecule has 0 radical (unpaired) electrons. The Morgan fingerprint density at radius 1 is 0.818 bits per heavy atom. The first-order chi connectivity index (χ1) is 16.2. The molecule has 6 heteroatoms. The minimum absolute atomic E-state index is 0.136. The van der Waals surface area contributed by atoms with Crippen molar-refractivity contribution in [1.29, 1.82) is 0 Å². The van der Waals surface area contributed by atoms with Crippen molar-refractivity contribution in [1.82, 2.24) is 0 Å². The molecule has 0 fully saturated rings. The lowest BCUT2D eigenvalue weighted by Gasteiger charge is -2.13. The quantitative estimate of drug-likeness (QED) is 0.333. The van der Waals surface area contributed by atoms with Crippen LogP contribution in [-0.4, -0.2) is 38.9 Å². The van der Waals surface area contributed by atoms with Crippen LogP contribution in [0.5, 0.6) is 11.5 Å². The number of nitrogens with one attached hydrogen (secondary N) is 2. The summed E-state index contributed by atoms with van der Waals surface area (Å²) in [5.41, 5.74) is 2.81. The Labute approximate surface area is 195 Å². The molecule has 3 rings (SSSR count). The maximum atomic E-state index is 12.4. The lowest BCUT2D eigenvalue weighted by atomic mass is 10.1. The minimum atomic E-state index is -0.140. The average molecular weight is 449 g/mol. The molecule has 0 bridgehead atoms. The van der Waals surface area contributed by atoms with Gasteiger partial charge in [0.05, 0.1) is 25.4 Å². The van der Waals surface area contributed by atoms with Crippen molar-refractivity contribution in [3.63, 3.8) is 0 Å². The first-order valence-electron chi connectivity index (χ1n) is 11.3. The van der Waals surface area contributed by atoms with Gasteiger partial charge in [0.25, 0.3) is 0 Å². The van der Waals surface area contributed by atoms with E-state index >= 15 is 0 Å². The van der Waals surface area contributed by atoms with Gasteiger partial charge in [-0.05, 0) is 61.7 Å². The summed E-state index contributed by atoms with van der Waals surface area (Å²) in [4.78, 5) is 12.4. The summed E-state index contributed by atoms with van der Waals surface area (Å²) >= 11 is 0. The summed E-state index contributed by atoms with van der Waals surface area (Å²) in [7, 11) is 0. The van der Waals surface area contributed by atoms with Crippen LogP contribution in [0.2, 0.25) is 0 Å². The fourth-order valence-corrected chi connectivity index (χ4v) is 3.22. The molecule has 2 N–H and O–H groups in total. The van der Waals surface area contributed by atoms with E-state index < -0.39 is 0 Å². The molecule has 0 saturated heterocycles. The molecule has 0 unspecified atom stereocenters. The molecule has 3 aromatic rings. The lowest BCUT2D eigenvalue weighted by Crippen LogP contribution is -2.22. The van der Waals surface area contributed by atoms with Crippen molar-refractivity contribution in [2.24, 2.45) is 0 Å². The first kappa shape index (κ1) is 24.1. The molecule has 0 aliphatic rings. The normalized spacial score (nSPS) is 10.5. The Hall–Kier alpha value is -3.51. The Balaban J connectivity index is 1.40. The molecule has 0 saturated carbocycles. The predicted octanol–water partition coefficient (Wildman–Crippen LogP) is 5.16. The molecule has 6 nitrogen and oxygen atoms in total. The number of para-hydroxylation sites is 2. The van der Waals surface area contributed by atoms with Crippen LogP contribution in [0.15, 0.2) is 78.9 Å². The summed E-state index contributed by atoms with van der Waals surface area (Å²) in [6.45, 7) is 4.42. The number of rotatable bonds is 14. The summed E-state index contributed by atoms with van der Waals surface area (Å²) in [5.74, 6) is 1.34. The van der Waals surface area contributed by atoms with E-state index in [0.29, 0.717) is 32.1 Å². The van der Waals surface area contributed by atoms with E-state index in [0.717, 1.165) is 30.0 Å². The van der Waals surface area contributed by atoms with Crippen molar-refractivity contribution in [3.05, 3.63) is 84.4 Å². The standard InChI is InChI=1S/C27H32N2O4/c1-2-31-19-20-32-24-16-14-23(15-17-24)29-27(30)21-28-25-12-6-7-13-26(25)33-18-8-11-22-9-4-3-5-10-22/h3-7,9-10,12-17,28H,2,8,11,18-21H2,1H3,(H,29,30). The smallest absolute Gasteiger partial charge is 0.243 e. The van der Waals surface area contributed by atoms with Gasteiger partial charge in [0.15, 0.2) is 0 Å². The fraction of sp³-hybridized carbons (Fsp3) is 0.296. The van der Waals surface area contributed by atoms with Gasteiger partial charge in [-0.3, -0.25) is 4.79 Å². The molecule has 1 amide bonds. The summed E-state index contributed by atoms with van der Waals surface area (Å²) in [6, 6.07) is 25.3. The van der Waals surface area contributed by atoms with Crippen LogP contribution in [0, 0.1) is 0 Å². The van der Waals surface area contributed by atoms with E-state index in [-0.39, 0.29) is 12.5 Å². The maximum absolute atomic E-state index is 12.4. The predicted molar refractivity (Wildman–Crippen MR) is 132 cm³/mol. The third kappa shape index (κ3) is 8.86. The number of amides is 1. The van der Waals surface area contributed by atoms with Crippen molar-refractivity contribution >= 4 is 17.3 Å². The fourth-order valence-electron chi connectivity index (χ4n) is 3.22. The number of carbonyl (C=O) groups excluding carboxylic acids is 1. The zero-order chi connectivity index (χ0) is 23.1.